The van der Waals surface area contributed by atoms with Gasteiger partial charge in [0.25, 0.3) is 0 Å². The van der Waals surface area contributed by atoms with Crippen molar-refractivity contribution in [2.24, 2.45) is 17.1 Å². The van der Waals surface area contributed by atoms with E-state index in [1.165, 1.54) is 25.7 Å². The predicted molar refractivity (Wildman–Crippen MR) is 74.5 cm³/mol. The van der Waals surface area contributed by atoms with E-state index in [4.69, 9.17) is 5.73 Å². The number of rotatable bonds is 8. The second-order valence-electron chi connectivity index (χ2n) is 6.21. The number of ether oxygens (including phenoxy) is 1. The lowest BCUT2D eigenvalue weighted by Gasteiger charge is -2.39. The molecule has 0 radical (unpaired) electrons. The smallest absolute Gasteiger partial charge is 0.372 e. The van der Waals surface area contributed by atoms with Gasteiger partial charge in [-0.25, -0.2) is 0 Å². The molecule has 0 atom stereocenters. The summed E-state index contributed by atoms with van der Waals surface area (Å²) in [5.41, 5.74) is 6.07. The maximum Gasteiger partial charge on any atom is 0.411 e. The average molecular weight is 295 g/mol. The van der Waals surface area contributed by atoms with E-state index in [-0.39, 0.29) is 12.0 Å². The van der Waals surface area contributed by atoms with E-state index in [1.807, 2.05) is 0 Å². The van der Waals surface area contributed by atoms with Crippen LogP contribution < -0.4 is 5.73 Å². The standard InChI is InChI=1S/C15H28F3NO/c1-2-4-13-5-8-14(11-19,9-6-13)7-3-10-20-12-15(16,17)18/h13H,2-12,19H2,1H3. The van der Waals surface area contributed by atoms with Crippen LogP contribution in [0.5, 0.6) is 0 Å². The highest BCUT2D eigenvalue weighted by molar-refractivity contribution is 4.86. The van der Waals surface area contributed by atoms with Gasteiger partial charge in [-0.1, -0.05) is 19.8 Å². The monoisotopic (exact) mass is 295 g/mol. The van der Waals surface area contributed by atoms with Crippen molar-refractivity contribution in [3.05, 3.63) is 0 Å². The van der Waals surface area contributed by atoms with Crippen molar-refractivity contribution in [3.8, 4) is 0 Å². The quantitative estimate of drug-likeness (QED) is 0.678. The summed E-state index contributed by atoms with van der Waals surface area (Å²) in [6.07, 6.45) is 4.53. The van der Waals surface area contributed by atoms with E-state index in [2.05, 4.69) is 11.7 Å². The molecular formula is C15H28F3NO. The summed E-state index contributed by atoms with van der Waals surface area (Å²) >= 11 is 0. The van der Waals surface area contributed by atoms with Gasteiger partial charge in [-0.15, -0.1) is 0 Å². The van der Waals surface area contributed by atoms with Gasteiger partial charge in [0.15, 0.2) is 0 Å². The van der Waals surface area contributed by atoms with Gasteiger partial charge < -0.3 is 10.5 Å². The van der Waals surface area contributed by atoms with E-state index in [0.29, 0.717) is 13.0 Å². The lowest BCUT2D eigenvalue weighted by molar-refractivity contribution is -0.174. The average Bonchev–Trinajstić information content (AvgIpc) is 2.39. The fourth-order valence-electron chi connectivity index (χ4n) is 3.28. The number of halogens is 3. The molecule has 1 rings (SSSR count). The minimum absolute atomic E-state index is 0.145. The topological polar surface area (TPSA) is 35.2 Å². The molecule has 2 nitrogen and oxygen atoms in total. The van der Waals surface area contributed by atoms with Crippen LogP contribution in [0, 0.1) is 11.3 Å². The highest BCUT2D eigenvalue weighted by Crippen LogP contribution is 2.42. The van der Waals surface area contributed by atoms with E-state index in [1.54, 1.807) is 0 Å². The molecule has 120 valence electrons. The first kappa shape index (κ1) is 17.8. The van der Waals surface area contributed by atoms with Gasteiger partial charge in [-0.2, -0.15) is 13.2 Å². The summed E-state index contributed by atoms with van der Waals surface area (Å²) in [4.78, 5) is 0. The molecule has 1 saturated carbocycles. The lowest BCUT2D eigenvalue weighted by atomic mass is 9.67. The first-order valence-corrected chi connectivity index (χ1v) is 7.75. The molecule has 0 aromatic rings. The van der Waals surface area contributed by atoms with Gasteiger partial charge in [0.2, 0.25) is 0 Å². The Labute approximate surface area is 120 Å². The number of hydrogen-bond acceptors (Lipinski definition) is 2. The third kappa shape index (κ3) is 6.44. The Bertz CT molecular complexity index is 260. The highest BCUT2D eigenvalue weighted by atomic mass is 19.4. The molecule has 0 aromatic carbocycles. The van der Waals surface area contributed by atoms with E-state index >= 15 is 0 Å². The Balaban J connectivity index is 2.23. The summed E-state index contributed by atoms with van der Waals surface area (Å²) in [7, 11) is 0. The van der Waals surface area contributed by atoms with Gasteiger partial charge in [0, 0.05) is 6.61 Å². The summed E-state index contributed by atoms with van der Waals surface area (Å²) in [6.45, 7) is 1.90. The fourth-order valence-corrected chi connectivity index (χ4v) is 3.28. The van der Waals surface area contributed by atoms with Crippen LogP contribution in [0.2, 0.25) is 0 Å². The van der Waals surface area contributed by atoms with Gasteiger partial charge in [0.05, 0.1) is 0 Å². The first-order valence-electron chi connectivity index (χ1n) is 7.75. The molecule has 5 heteroatoms. The molecule has 2 N–H and O–H groups in total. The summed E-state index contributed by atoms with van der Waals surface area (Å²) in [5, 5.41) is 0. The van der Waals surface area contributed by atoms with E-state index < -0.39 is 12.8 Å². The van der Waals surface area contributed by atoms with Crippen molar-refractivity contribution < 1.29 is 17.9 Å². The van der Waals surface area contributed by atoms with Gasteiger partial charge in [-0.05, 0) is 56.4 Å². The first-order chi connectivity index (χ1) is 9.41. The maximum atomic E-state index is 11.9. The Morgan fingerprint density at radius 3 is 2.40 bits per heavy atom. The van der Waals surface area contributed by atoms with Crippen LogP contribution in [0.4, 0.5) is 13.2 Å². The largest absolute Gasteiger partial charge is 0.411 e. The molecular weight excluding hydrogens is 267 g/mol. The molecule has 0 aromatic heterocycles. The normalized spacial score (nSPS) is 27.8. The van der Waals surface area contributed by atoms with Crippen LogP contribution in [0.1, 0.15) is 58.3 Å². The van der Waals surface area contributed by atoms with Crippen molar-refractivity contribution in [1.29, 1.82) is 0 Å². The summed E-state index contributed by atoms with van der Waals surface area (Å²) < 4.78 is 40.5. The summed E-state index contributed by atoms with van der Waals surface area (Å²) in [5.74, 6) is 0.821. The lowest BCUT2D eigenvalue weighted by Crippen LogP contribution is -2.35. The van der Waals surface area contributed by atoms with Crippen LogP contribution in [0.15, 0.2) is 0 Å². The molecule has 0 amide bonds. The SMILES string of the molecule is CCCC1CCC(CN)(CCCOCC(F)(F)F)CC1. The zero-order chi connectivity index (χ0) is 15.1. The highest BCUT2D eigenvalue weighted by Gasteiger charge is 2.33. The van der Waals surface area contributed by atoms with Gasteiger partial charge in [0.1, 0.15) is 6.61 Å². The van der Waals surface area contributed by atoms with Crippen LogP contribution in [-0.2, 0) is 4.74 Å². The van der Waals surface area contributed by atoms with Gasteiger partial charge >= 0.3 is 6.18 Å². The molecule has 20 heavy (non-hydrogen) atoms. The Kier molecular flexibility index (Phi) is 7.30. The minimum Gasteiger partial charge on any atom is -0.372 e. The minimum atomic E-state index is -4.22. The molecule has 0 heterocycles. The van der Waals surface area contributed by atoms with Gasteiger partial charge in [-0.3, -0.25) is 0 Å². The molecule has 0 unspecified atom stereocenters. The number of hydrogen-bond donors (Lipinski definition) is 1. The second-order valence-corrected chi connectivity index (χ2v) is 6.21. The number of alkyl halides is 3. The molecule has 1 aliphatic rings. The zero-order valence-corrected chi connectivity index (χ0v) is 12.5. The molecule has 0 spiro atoms. The maximum absolute atomic E-state index is 11.9. The van der Waals surface area contributed by atoms with Crippen LogP contribution in [-0.4, -0.2) is 25.9 Å². The second kappa shape index (κ2) is 8.23. The molecule has 1 fully saturated rings. The predicted octanol–water partition coefficient (Wildman–Crippen LogP) is 4.28. The number of nitrogens with two attached hydrogens (primary N) is 1. The van der Waals surface area contributed by atoms with Crippen molar-refractivity contribution in [1.82, 2.24) is 0 Å². The van der Waals surface area contributed by atoms with Crippen molar-refractivity contribution in [2.45, 2.75) is 64.5 Å². The molecule has 0 aliphatic heterocycles. The third-order valence-corrected chi connectivity index (χ3v) is 4.56. The Morgan fingerprint density at radius 1 is 1.25 bits per heavy atom. The Hall–Kier alpha value is -0.290. The fraction of sp³-hybridized carbons (Fsp3) is 1.00. The van der Waals surface area contributed by atoms with Crippen LogP contribution in [0.25, 0.3) is 0 Å². The van der Waals surface area contributed by atoms with E-state index in [9.17, 15) is 13.2 Å². The van der Waals surface area contributed by atoms with E-state index in [0.717, 1.165) is 25.2 Å². The Morgan fingerprint density at radius 2 is 1.90 bits per heavy atom. The zero-order valence-electron chi connectivity index (χ0n) is 12.5. The van der Waals surface area contributed by atoms with Crippen molar-refractivity contribution in [3.63, 3.8) is 0 Å². The molecule has 1 aliphatic carbocycles. The molecule has 0 bridgehead atoms. The van der Waals surface area contributed by atoms with Crippen molar-refractivity contribution in [2.75, 3.05) is 19.8 Å². The summed E-state index contributed by atoms with van der Waals surface area (Å²) in [6, 6.07) is 0. The van der Waals surface area contributed by atoms with Crippen LogP contribution in [0.3, 0.4) is 0 Å². The molecule has 0 saturated heterocycles. The van der Waals surface area contributed by atoms with Crippen molar-refractivity contribution >= 4 is 0 Å². The van der Waals surface area contributed by atoms with Crippen LogP contribution >= 0.6 is 0 Å². The third-order valence-electron chi connectivity index (χ3n) is 4.56.